The molecular formula is C13H15BrClNO3. The second kappa shape index (κ2) is 6.59. The SMILES string of the molecule is CCO[C@@H]1C[C@@H]1NC(=O)COc1ccc(Br)cc1Cl. The van der Waals surface area contributed by atoms with Gasteiger partial charge in [0.05, 0.1) is 17.2 Å². The van der Waals surface area contributed by atoms with E-state index in [1.807, 2.05) is 13.0 Å². The lowest BCUT2D eigenvalue weighted by Crippen LogP contribution is -2.32. The molecule has 1 aliphatic carbocycles. The Morgan fingerprint density at radius 3 is 3.05 bits per heavy atom. The van der Waals surface area contributed by atoms with E-state index in [-0.39, 0.29) is 24.7 Å². The van der Waals surface area contributed by atoms with E-state index in [9.17, 15) is 4.79 Å². The van der Waals surface area contributed by atoms with Crippen molar-refractivity contribution in [1.82, 2.24) is 5.32 Å². The molecule has 0 aliphatic heterocycles. The number of carbonyl (C=O) groups is 1. The highest BCUT2D eigenvalue weighted by molar-refractivity contribution is 9.10. The van der Waals surface area contributed by atoms with Gasteiger partial charge >= 0.3 is 0 Å². The van der Waals surface area contributed by atoms with Gasteiger partial charge in [-0.1, -0.05) is 27.5 Å². The summed E-state index contributed by atoms with van der Waals surface area (Å²) in [4.78, 5) is 11.7. The molecule has 2 atom stereocenters. The summed E-state index contributed by atoms with van der Waals surface area (Å²) in [6.45, 7) is 2.56. The summed E-state index contributed by atoms with van der Waals surface area (Å²) in [7, 11) is 0. The summed E-state index contributed by atoms with van der Waals surface area (Å²) in [6, 6.07) is 5.38. The number of ether oxygens (including phenoxy) is 2. The lowest BCUT2D eigenvalue weighted by molar-refractivity contribution is -0.123. The number of rotatable bonds is 6. The average Bonchev–Trinajstić information content (AvgIpc) is 3.06. The van der Waals surface area contributed by atoms with Gasteiger partial charge in [-0.3, -0.25) is 4.79 Å². The van der Waals surface area contributed by atoms with Crippen LogP contribution in [0.15, 0.2) is 22.7 Å². The fourth-order valence-electron chi connectivity index (χ4n) is 1.71. The first-order valence-corrected chi connectivity index (χ1v) is 7.26. The Morgan fingerprint density at radius 1 is 1.58 bits per heavy atom. The topological polar surface area (TPSA) is 47.6 Å². The maximum Gasteiger partial charge on any atom is 0.258 e. The maximum atomic E-state index is 11.7. The van der Waals surface area contributed by atoms with Gasteiger partial charge in [0.15, 0.2) is 6.61 Å². The first-order chi connectivity index (χ1) is 9.10. The predicted octanol–water partition coefficient (Wildman–Crippen LogP) is 2.77. The zero-order valence-electron chi connectivity index (χ0n) is 10.5. The summed E-state index contributed by atoms with van der Waals surface area (Å²) in [5.41, 5.74) is 0. The van der Waals surface area contributed by atoms with Gasteiger partial charge in [0.25, 0.3) is 5.91 Å². The smallest absolute Gasteiger partial charge is 0.258 e. The van der Waals surface area contributed by atoms with Crippen molar-refractivity contribution in [3.05, 3.63) is 27.7 Å². The number of hydrogen-bond acceptors (Lipinski definition) is 3. The molecule has 0 heterocycles. The Bertz CT molecular complexity index is 469. The highest BCUT2D eigenvalue weighted by atomic mass is 79.9. The van der Waals surface area contributed by atoms with E-state index >= 15 is 0 Å². The van der Waals surface area contributed by atoms with Gasteiger partial charge in [-0.05, 0) is 31.5 Å². The maximum absolute atomic E-state index is 11.7. The van der Waals surface area contributed by atoms with E-state index in [2.05, 4.69) is 21.2 Å². The van der Waals surface area contributed by atoms with Crippen LogP contribution in [-0.2, 0) is 9.53 Å². The quantitative estimate of drug-likeness (QED) is 0.860. The van der Waals surface area contributed by atoms with Crippen molar-refractivity contribution in [1.29, 1.82) is 0 Å². The first kappa shape index (κ1) is 14.6. The standard InChI is InChI=1S/C13H15BrClNO3/c1-2-18-12-6-10(12)16-13(17)7-19-11-4-3-8(14)5-9(11)15/h3-5,10,12H,2,6-7H2,1H3,(H,16,17)/t10-,12+/m0/s1. The van der Waals surface area contributed by atoms with Crippen molar-refractivity contribution in [2.24, 2.45) is 0 Å². The minimum atomic E-state index is -0.161. The molecule has 1 saturated carbocycles. The first-order valence-electron chi connectivity index (χ1n) is 6.09. The Morgan fingerprint density at radius 2 is 2.37 bits per heavy atom. The second-order valence-corrected chi connectivity index (χ2v) is 5.59. The van der Waals surface area contributed by atoms with Crippen molar-refractivity contribution in [2.45, 2.75) is 25.5 Å². The van der Waals surface area contributed by atoms with Crippen LogP contribution in [0.25, 0.3) is 0 Å². The van der Waals surface area contributed by atoms with Gasteiger partial charge in [0, 0.05) is 11.1 Å². The number of carbonyl (C=O) groups excluding carboxylic acids is 1. The van der Waals surface area contributed by atoms with Crippen LogP contribution in [0.4, 0.5) is 0 Å². The number of benzene rings is 1. The normalized spacial score (nSPS) is 21.0. The summed E-state index contributed by atoms with van der Waals surface area (Å²) in [5.74, 6) is 0.336. The van der Waals surface area contributed by atoms with E-state index < -0.39 is 0 Å². The molecule has 0 radical (unpaired) electrons. The third-order valence-corrected chi connectivity index (χ3v) is 3.50. The molecule has 0 bridgehead atoms. The highest BCUT2D eigenvalue weighted by Gasteiger charge is 2.39. The molecule has 19 heavy (non-hydrogen) atoms. The minimum Gasteiger partial charge on any atom is -0.482 e. The molecular weight excluding hydrogens is 334 g/mol. The van der Waals surface area contributed by atoms with Crippen molar-refractivity contribution in [3.8, 4) is 5.75 Å². The van der Waals surface area contributed by atoms with E-state index in [1.165, 1.54) is 0 Å². The van der Waals surface area contributed by atoms with Crippen molar-refractivity contribution in [3.63, 3.8) is 0 Å². The molecule has 1 N–H and O–H groups in total. The molecule has 1 amide bonds. The lowest BCUT2D eigenvalue weighted by Gasteiger charge is -2.09. The molecule has 0 unspecified atom stereocenters. The van der Waals surface area contributed by atoms with Crippen LogP contribution in [0.3, 0.4) is 0 Å². The summed E-state index contributed by atoms with van der Waals surface area (Å²) >= 11 is 9.29. The van der Waals surface area contributed by atoms with Gasteiger partial charge in [-0.2, -0.15) is 0 Å². The van der Waals surface area contributed by atoms with Gasteiger partial charge in [-0.25, -0.2) is 0 Å². The fourth-order valence-corrected chi connectivity index (χ4v) is 2.43. The molecule has 0 spiro atoms. The summed E-state index contributed by atoms with van der Waals surface area (Å²) < 4.78 is 11.6. The van der Waals surface area contributed by atoms with Crippen molar-refractivity contribution < 1.29 is 14.3 Å². The molecule has 4 nitrogen and oxygen atoms in total. The van der Waals surface area contributed by atoms with Crippen LogP contribution < -0.4 is 10.1 Å². The largest absolute Gasteiger partial charge is 0.482 e. The van der Waals surface area contributed by atoms with E-state index in [4.69, 9.17) is 21.1 Å². The third kappa shape index (κ3) is 4.37. The van der Waals surface area contributed by atoms with Gasteiger partial charge < -0.3 is 14.8 Å². The molecule has 1 aliphatic rings. The number of nitrogens with one attached hydrogen (secondary N) is 1. The van der Waals surface area contributed by atoms with Gasteiger partial charge in [0.2, 0.25) is 0 Å². The number of halogens is 2. The van der Waals surface area contributed by atoms with Crippen LogP contribution in [0.1, 0.15) is 13.3 Å². The second-order valence-electron chi connectivity index (χ2n) is 4.27. The van der Waals surface area contributed by atoms with Crippen LogP contribution in [0.2, 0.25) is 5.02 Å². The van der Waals surface area contributed by atoms with Gasteiger partial charge in [-0.15, -0.1) is 0 Å². The van der Waals surface area contributed by atoms with E-state index in [0.29, 0.717) is 17.4 Å². The molecule has 104 valence electrons. The van der Waals surface area contributed by atoms with Crippen molar-refractivity contribution in [2.75, 3.05) is 13.2 Å². The predicted molar refractivity (Wildman–Crippen MR) is 76.6 cm³/mol. The Balaban J connectivity index is 1.75. The lowest BCUT2D eigenvalue weighted by atomic mass is 10.3. The molecule has 6 heteroatoms. The van der Waals surface area contributed by atoms with Crippen LogP contribution >= 0.6 is 27.5 Å². The number of amides is 1. The average molecular weight is 349 g/mol. The highest BCUT2D eigenvalue weighted by Crippen LogP contribution is 2.28. The van der Waals surface area contributed by atoms with E-state index in [1.54, 1.807) is 12.1 Å². The molecule has 1 fully saturated rings. The molecule has 1 aromatic carbocycles. The number of hydrogen-bond donors (Lipinski definition) is 1. The van der Waals surface area contributed by atoms with E-state index in [0.717, 1.165) is 10.9 Å². The zero-order chi connectivity index (χ0) is 13.8. The monoisotopic (exact) mass is 347 g/mol. The van der Waals surface area contributed by atoms with Crippen LogP contribution in [0.5, 0.6) is 5.75 Å². The molecule has 1 aromatic rings. The Labute approximate surface area is 125 Å². The zero-order valence-corrected chi connectivity index (χ0v) is 12.8. The molecule has 2 rings (SSSR count). The summed E-state index contributed by atoms with van der Waals surface area (Å²) in [6.07, 6.45) is 1.03. The molecule has 0 saturated heterocycles. The third-order valence-electron chi connectivity index (χ3n) is 2.71. The van der Waals surface area contributed by atoms with Gasteiger partial charge in [0.1, 0.15) is 5.75 Å². The minimum absolute atomic E-state index is 0.0449. The van der Waals surface area contributed by atoms with Crippen LogP contribution in [-0.4, -0.2) is 31.3 Å². The van der Waals surface area contributed by atoms with Crippen LogP contribution in [0, 0.1) is 0 Å². The van der Waals surface area contributed by atoms with Crippen molar-refractivity contribution >= 4 is 33.4 Å². The molecule has 0 aromatic heterocycles. The summed E-state index contributed by atoms with van der Waals surface area (Å²) in [5, 5.41) is 3.32. The Kier molecular flexibility index (Phi) is 5.07. The Hall–Kier alpha value is -0.780. The fraction of sp³-hybridized carbons (Fsp3) is 0.462.